The minimum atomic E-state index is -0.232. The molecule has 0 spiro atoms. The number of nitrogens with two attached hydrogens (primary N) is 1. The largest absolute Gasteiger partial charge is 0.323 e. The van der Waals surface area contributed by atoms with Gasteiger partial charge in [-0.1, -0.05) is 23.9 Å². The third-order valence-corrected chi connectivity index (χ3v) is 4.54. The van der Waals surface area contributed by atoms with Crippen LogP contribution in [0.4, 0.5) is 4.39 Å². The van der Waals surface area contributed by atoms with Crippen LogP contribution < -0.4 is 5.73 Å². The fraction of sp³-hybridized carbons (Fsp3) is 0.250. The van der Waals surface area contributed by atoms with Gasteiger partial charge in [-0.05, 0) is 24.6 Å². The van der Waals surface area contributed by atoms with E-state index in [4.69, 9.17) is 5.73 Å². The highest BCUT2D eigenvalue weighted by Crippen LogP contribution is 2.26. The summed E-state index contributed by atoms with van der Waals surface area (Å²) >= 11 is 3.26. The molecule has 0 aliphatic heterocycles. The molecule has 1 unspecified atom stereocenters. The molecule has 1 heterocycles. The van der Waals surface area contributed by atoms with Crippen molar-refractivity contribution in [3.63, 3.8) is 0 Å². The Morgan fingerprint density at radius 1 is 1.41 bits per heavy atom. The van der Waals surface area contributed by atoms with Crippen molar-refractivity contribution >= 4 is 23.1 Å². The number of rotatable bonds is 4. The Kier molecular flexibility index (Phi) is 4.15. The van der Waals surface area contributed by atoms with E-state index < -0.39 is 0 Å². The number of hydrogen-bond donors (Lipinski definition) is 1. The molecular formula is C12H13FN2S2. The summed E-state index contributed by atoms with van der Waals surface area (Å²) in [7, 11) is 0. The van der Waals surface area contributed by atoms with Gasteiger partial charge in [0.15, 0.2) is 0 Å². The van der Waals surface area contributed by atoms with Crippen molar-refractivity contribution in [1.29, 1.82) is 0 Å². The van der Waals surface area contributed by atoms with Crippen LogP contribution in [0.3, 0.4) is 0 Å². The van der Waals surface area contributed by atoms with Crippen LogP contribution in [0.1, 0.15) is 17.3 Å². The predicted molar refractivity (Wildman–Crippen MR) is 70.9 cm³/mol. The van der Waals surface area contributed by atoms with Gasteiger partial charge in [0.2, 0.25) is 0 Å². The normalized spacial score (nSPS) is 12.6. The molecule has 2 nitrogen and oxygen atoms in total. The van der Waals surface area contributed by atoms with Gasteiger partial charge in [0, 0.05) is 22.9 Å². The summed E-state index contributed by atoms with van der Waals surface area (Å²) in [6.07, 6.45) is 0. The van der Waals surface area contributed by atoms with Crippen molar-refractivity contribution in [2.75, 3.05) is 5.75 Å². The molecule has 0 fully saturated rings. The first kappa shape index (κ1) is 12.5. The highest BCUT2D eigenvalue weighted by atomic mass is 32.2. The molecule has 0 bridgehead atoms. The topological polar surface area (TPSA) is 38.9 Å². The zero-order valence-electron chi connectivity index (χ0n) is 9.39. The Morgan fingerprint density at radius 3 is 2.71 bits per heavy atom. The monoisotopic (exact) mass is 268 g/mol. The number of thiazole rings is 1. The number of benzene rings is 1. The number of aromatic nitrogens is 1. The molecule has 1 aromatic carbocycles. The van der Waals surface area contributed by atoms with Crippen LogP contribution in [-0.4, -0.2) is 10.7 Å². The number of halogens is 1. The number of thioether (sulfide) groups is 1. The van der Waals surface area contributed by atoms with E-state index in [1.54, 1.807) is 35.2 Å². The van der Waals surface area contributed by atoms with E-state index in [0.29, 0.717) is 0 Å². The van der Waals surface area contributed by atoms with Crippen LogP contribution in [0.5, 0.6) is 0 Å². The van der Waals surface area contributed by atoms with Crippen LogP contribution in [0, 0.1) is 12.7 Å². The molecule has 5 heteroatoms. The van der Waals surface area contributed by atoms with Crippen molar-refractivity contribution in [2.45, 2.75) is 17.3 Å². The second kappa shape index (κ2) is 5.62. The molecule has 1 atom stereocenters. The highest BCUT2D eigenvalue weighted by Gasteiger charge is 2.08. The average Bonchev–Trinajstić information content (AvgIpc) is 2.73. The van der Waals surface area contributed by atoms with E-state index in [0.717, 1.165) is 21.3 Å². The maximum Gasteiger partial charge on any atom is 0.150 e. The molecular weight excluding hydrogens is 255 g/mol. The van der Waals surface area contributed by atoms with E-state index in [9.17, 15) is 4.39 Å². The third-order valence-electron chi connectivity index (χ3n) is 2.28. The summed E-state index contributed by atoms with van der Waals surface area (Å²) in [5, 5.41) is 2.02. The Labute approximate surface area is 108 Å². The molecule has 0 aliphatic carbocycles. The second-order valence-corrected chi connectivity index (χ2v) is 5.85. The molecule has 2 N–H and O–H groups in total. The van der Waals surface area contributed by atoms with Gasteiger partial charge in [-0.25, -0.2) is 9.37 Å². The van der Waals surface area contributed by atoms with Crippen molar-refractivity contribution in [3.05, 3.63) is 46.7 Å². The van der Waals surface area contributed by atoms with Gasteiger partial charge < -0.3 is 5.73 Å². The lowest BCUT2D eigenvalue weighted by molar-refractivity contribution is 0.626. The van der Waals surface area contributed by atoms with Crippen LogP contribution in [-0.2, 0) is 0 Å². The van der Waals surface area contributed by atoms with Crippen molar-refractivity contribution < 1.29 is 4.39 Å². The molecule has 0 aliphatic rings. The molecule has 1 aromatic heterocycles. The van der Waals surface area contributed by atoms with E-state index in [-0.39, 0.29) is 11.9 Å². The van der Waals surface area contributed by atoms with Crippen molar-refractivity contribution in [1.82, 2.24) is 4.98 Å². The van der Waals surface area contributed by atoms with Crippen LogP contribution in [0.2, 0.25) is 0 Å². The number of nitrogens with zero attached hydrogens (tertiary/aromatic N) is 1. The molecule has 0 radical (unpaired) electrons. The quantitative estimate of drug-likeness (QED) is 0.864. The molecule has 0 saturated carbocycles. The third kappa shape index (κ3) is 3.52. The first-order chi connectivity index (χ1) is 8.15. The maximum atomic E-state index is 12.7. The Morgan fingerprint density at radius 2 is 2.12 bits per heavy atom. The maximum absolute atomic E-state index is 12.7. The molecule has 0 amide bonds. The van der Waals surface area contributed by atoms with Crippen molar-refractivity contribution in [2.24, 2.45) is 5.73 Å². The summed E-state index contributed by atoms with van der Waals surface area (Å²) in [6.45, 7) is 1.97. The fourth-order valence-corrected chi connectivity index (χ4v) is 3.23. The van der Waals surface area contributed by atoms with Gasteiger partial charge in [0.05, 0.1) is 0 Å². The minimum Gasteiger partial charge on any atom is -0.323 e. The van der Waals surface area contributed by atoms with Crippen LogP contribution in [0.25, 0.3) is 0 Å². The Bertz CT molecular complexity index is 482. The molecule has 2 aromatic rings. The Hall–Kier alpha value is -0.910. The zero-order valence-corrected chi connectivity index (χ0v) is 11.0. The highest BCUT2D eigenvalue weighted by molar-refractivity contribution is 8.01. The van der Waals surface area contributed by atoms with Gasteiger partial charge >= 0.3 is 0 Å². The summed E-state index contributed by atoms with van der Waals surface area (Å²) in [4.78, 5) is 4.36. The number of aryl methyl sites for hydroxylation is 1. The lowest BCUT2D eigenvalue weighted by atomic mass is 10.1. The average molecular weight is 268 g/mol. The van der Waals surface area contributed by atoms with E-state index in [2.05, 4.69) is 4.98 Å². The summed E-state index contributed by atoms with van der Waals surface area (Å²) in [5.74, 6) is 0.516. The van der Waals surface area contributed by atoms with Gasteiger partial charge in [-0.3, -0.25) is 0 Å². The van der Waals surface area contributed by atoms with E-state index >= 15 is 0 Å². The van der Waals surface area contributed by atoms with Crippen molar-refractivity contribution in [3.8, 4) is 0 Å². The smallest absolute Gasteiger partial charge is 0.150 e. The molecule has 2 rings (SSSR count). The molecule has 17 heavy (non-hydrogen) atoms. The first-order valence-corrected chi connectivity index (χ1v) is 7.07. The minimum absolute atomic E-state index is 0.0928. The number of hydrogen-bond acceptors (Lipinski definition) is 4. The SMILES string of the molecule is Cc1csc(SCC(N)c2ccc(F)cc2)n1. The van der Waals surface area contributed by atoms with Crippen LogP contribution >= 0.6 is 23.1 Å². The fourth-order valence-electron chi connectivity index (χ4n) is 1.37. The lowest BCUT2D eigenvalue weighted by Crippen LogP contribution is -2.12. The first-order valence-electron chi connectivity index (χ1n) is 5.21. The Balaban J connectivity index is 1.93. The van der Waals surface area contributed by atoms with Gasteiger partial charge in [-0.15, -0.1) is 11.3 Å². The standard InChI is InChI=1S/C12H13FN2S2/c1-8-6-16-12(15-8)17-7-11(14)9-2-4-10(13)5-3-9/h2-6,11H,7,14H2,1H3. The predicted octanol–water partition coefficient (Wildman–Crippen LogP) is 3.38. The molecule has 90 valence electrons. The van der Waals surface area contributed by atoms with E-state index in [1.807, 2.05) is 12.3 Å². The van der Waals surface area contributed by atoms with Gasteiger partial charge in [-0.2, -0.15) is 0 Å². The van der Waals surface area contributed by atoms with E-state index in [1.165, 1.54) is 12.1 Å². The molecule has 0 saturated heterocycles. The summed E-state index contributed by atoms with van der Waals surface area (Å²) in [6, 6.07) is 6.24. The lowest BCUT2D eigenvalue weighted by Gasteiger charge is -2.10. The van der Waals surface area contributed by atoms with Gasteiger partial charge in [0.25, 0.3) is 0 Å². The summed E-state index contributed by atoms with van der Waals surface area (Å²) < 4.78 is 13.8. The summed E-state index contributed by atoms with van der Waals surface area (Å²) in [5.41, 5.74) is 8.02. The zero-order chi connectivity index (χ0) is 12.3. The van der Waals surface area contributed by atoms with Gasteiger partial charge in [0.1, 0.15) is 10.2 Å². The second-order valence-electron chi connectivity index (χ2n) is 3.72. The van der Waals surface area contributed by atoms with Crippen LogP contribution in [0.15, 0.2) is 34.0 Å².